The molecular formula is C22H29BrN2O3S2. The van der Waals surface area contributed by atoms with Crippen LogP contribution in [0, 0.1) is 0 Å². The van der Waals surface area contributed by atoms with Gasteiger partial charge in [0.05, 0.1) is 32.9 Å². The average molecular weight is 514 g/mol. The molecule has 0 bridgehead atoms. The largest absolute Gasteiger partial charge is 0.364 e. The summed E-state index contributed by atoms with van der Waals surface area (Å²) < 4.78 is 32.3. The van der Waals surface area contributed by atoms with Crippen LogP contribution >= 0.6 is 27.3 Å². The quantitative estimate of drug-likeness (QED) is 0.472. The Morgan fingerprint density at radius 1 is 1.20 bits per heavy atom. The Labute approximate surface area is 191 Å². The summed E-state index contributed by atoms with van der Waals surface area (Å²) in [5.74, 6) is 0.451. The van der Waals surface area contributed by atoms with Crippen molar-refractivity contribution in [1.29, 1.82) is 0 Å². The first-order valence-electron chi connectivity index (χ1n) is 10.7. The number of thiazole rings is 1. The van der Waals surface area contributed by atoms with Gasteiger partial charge in [0.2, 0.25) is 0 Å². The number of nitrogens with zero attached hydrogens (tertiary/aromatic N) is 1. The van der Waals surface area contributed by atoms with Crippen molar-refractivity contribution in [2.75, 3.05) is 6.73 Å². The van der Waals surface area contributed by atoms with Crippen LogP contribution in [-0.2, 0) is 14.6 Å². The van der Waals surface area contributed by atoms with Crippen molar-refractivity contribution < 1.29 is 13.2 Å². The van der Waals surface area contributed by atoms with Crippen molar-refractivity contribution in [2.45, 2.75) is 80.6 Å². The fourth-order valence-electron chi connectivity index (χ4n) is 3.97. The molecule has 8 heteroatoms. The summed E-state index contributed by atoms with van der Waals surface area (Å²) >= 11 is 5.09. The predicted octanol–water partition coefficient (Wildman–Crippen LogP) is 5.51. The van der Waals surface area contributed by atoms with Gasteiger partial charge in [-0.2, -0.15) is 0 Å². The molecule has 1 heterocycles. The van der Waals surface area contributed by atoms with Crippen LogP contribution in [0.5, 0.6) is 0 Å². The maximum absolute atomic E-state index is 13.0. The van der Waals surface area contributed by atoms with E-state index in [1.165, 1.54) is 0 Å². The van der Waals surface area contributed by atoms with Crippen molar-refractivity contribution >= 4 is 37.1 Å². The lowest BCUT2D eigenvalue weighted by molar-refractivity contribution is 0.0546. The number of rotatable bonds is 8. The van der Waals surface area contributed by atoms with E-state index >= 15 is 0 Å². The van der Waals surface area contributed by atoms with Crippen molar-refractivity contribution in [3.8, 4) is 10.4 Å². The molecule has 0 amide bonds. The molecular weight excluding hydrogens is 484 g/mol. The molecule has 2 aliphatic carbocycles. The van der Waals surface area contributed by atoms with Crippen LogP contribution in [0.1, 0.15) is 63.3 Å². The maximum Gasteiger partial charge on any atom is 0.181 e. The highest BCUT2D eigenvalue weighted by molar-refractivity contribution is 9.10. The van der Waals surface area contributed by atoms with Crippen molar-refractivity contribution in [3.63, 3.8) is 0 Å². The van der Waals surface area contributed by atoms with E-state index in [1.54, 1.807) is 17.4 Å². The number of halogens is 1. The number of hydrogen-bond donors (Lipinski definition) is 1. The van der Waals surface area contributed by atoms with Crippen molar-refractivity contribution in [2.24, 2.45) is 0 Å². The van der Waals surface area contributed by atoms with Gasteiger partial charge in [-0.15, -0.1) is 11.3 Å². The Bertz CT molecular complexity index is 978. The van der Waals surface area contributed by atoms with Crippen molar-refractivity contribution in [1.82, 2.24) is 10.3 Å². The molecule has 0 aliphatic heterocycles. The number of aromatic nitrogens is 1. The molecule has 0 spiro atoms. The van der Waals surface area contributed by atoms with Crippen LogP contribution in [-0.4, -0.2) is 37.5 Å². The third-order valence-corrected chi connectivity index (χ3v) is 9.85. The molecule has 0 radical (unpaired) electrons. The highest BCUT2D eigenvalue weighted by Crippen LogP contribution is 2.42. The standard InChI is InChI=1S/C22H29BrN2O3S2/c1-14(2)28-13-25-17-6-3-15(4-7-17)22-24-12-20(29-22)19-10-5-16(23)11-21(19)30(26,27)18-8-9-18/h5,10-12,14-15,17-18,25H,3-4,6-9,13H2,1-2H3/t15-,17-. The van der Waals surface area contributed by atoms with E-state index in [1.807, 2.05) is 32.2 Å². The van der Waals surface area contributed by atoms with Crippen LogP contribution in [0.4, 0.5) is 0 Å². The van der Waals surface area contributed by atoms with E-state index in [2.05, 4.69) is 21.2 Å². The van der Waals surface area contributed by atoms with Crippen molar-refractivity contribution in [3.05, 3.63) is 33.9 Å². The summed E-state index contributed by atoms with van der Waals surface area (Å²) in [4.78, 5) is 6.08. The smallest absolute Gasteiger partial charge is 0.181 e. The fraction of sp³-hybridized carbons (Fsp3) is 0.591. The van der Waals surface area contributed by atoms with Crippen LogP contribution in [0.3, 0.4) is 0 Å². The minimum absolute atomic E-state index is 0.222. The number of ether oxygens (including phenoxy) is 1. The van der Waals surface area contributed by atoms with Crippen LogP contribution in [0.2, 0.25) is 0 Å². The van der Waals surface area contributed by atoms with Gasteiger partial charge in [-0.1, -0.05) is 22.0 Å². The Balaban J connectivity index is 1.46. The topological polar surface area (TPSA) is 68.3 Å². The zero-order valence-electron chi connectivity index (χ0n) is 17.4. The summed E-state index contributed by atoms with van der Waals surface area (Å²) in [6, 6.07) is 6.07. The Kier molecular flexibility index (Phi) is 6.99. The molecule has 30 heavy (non-hydrogen) atoms. The molecule has 0 unspecified atom stereocenters. The van der Waals surface area contributed by atoms with Gasteiger partial charge < -0.3 is 4.74 Å². The first-order valence-corrected chi connectivity index (χ1v) is 13.8. The predicted molar refractivity (Wildman–Crippen MR) is 125 cm³/mol. The molecule has 1 N–H and O–H groups in total. The fourth-order valence-corrected chi connectivity index (χ4v) is 7.57. The molecule has 4 rings (SSSR count). The Hall–Kier alpha value is -0.800. The first kappa shape index (κ1) is 22.4. The van der Waals surface area contributed by atoms with Gasteiger partial charge in [-0.05, 0) is 64.5 Å². The molecule has 0 saturated heterocycles. The van der Waals surface area contributed by atoms with Gasteiger partial charge in [-0.3, -0.25) is 5.32 Å². The maximum atomic E-state index is 13.0. The Morgan fingerprint density at radius 2 is 1.93 bits per heavy atom. The van der Waals surface area contributed by atoms with Gasteiger partial charge in [0.15, 0.2) is 9.84 Å². The molecule has 2 aliphatic rings. The van der Waals surface area contributed by atoms with Crippen LogP contribution in [0.15, 0.2) is 33.8 Å². The summed E-state index contributed by atoms with van der Waals surface area (Å²) in [5, 5.41) is 4.39. The second kappa shape index (κ2) is 9.36. The highest BCUT2D eigenvalue weighted by Gasteiger charge is 2.38. The summed E-state index contributed by atoms with van der Waals surface area (Å²) in [6.45, 7) is 4.70. The van der Waals surface area contributed by atoms with Gasteiger partial charge in [-0.25, -0.2) is 13.4 Å². The second-order valence-electron chi connectivity index (χ2n) is 8.56. The zero-order chi connectivity index (χ0) is 21.3. The normalized spacial score (nSPS) is 22.5. The van der Waals surface area contributed by atoms with E-state index in [-0.39, 0.29) is 11.4 Å². The van der Waals surface area contributed by atoms with E-state index in [0.29, 0.717) is 23.6 Å². The zero-order valence-corrected chi connectivity index (χ0v) is 20.7. The number of benzene rings is 1. The highest BCUT2D eigenvalue weighted by atomic mass is 79.9. The van der Waals surface area contributed by atoms with Gasteiger partial charge in [0, 0.05) is 28.2 Å². The third-order valence-electron chi connectivity index (χ3n) is 5.87. The molecule has 164 valence electrons. The summed E-state index contributed by atoms with van der Waals surface area (Å²) in [5.41, 5.74) is 0.787. The molecule has 2 saturated carbocycles. The number of nitrogens with one attached hydrogen (secondary N) is 1. The van der Waals surface area contributed by atoms with E-state index in [4.69, 9.17) is 9.72 Å². The van der Waals surface area contributed by atoms with E-state index in [0.717, 1.165) is 58.4 Å². The summed E-state index contributed by atoms with van der Waals surface area (Å²) in [6.07, 6.45) is 8.05. The lowest BCUT2D eigenvalue weighted by atomic mass is 9.86. The number of sulfone groups is 1. The van der Waals surface area contributed by atoms with Crippen LogP contribution in [0.25, 0.3) is 10.4 Å². The Morgan fingerprint density at radius 3 is 2.60 bits per heavy atom. The lowest BCUT2D eigenvalue weighted by Crippen LogP contribution is -2.35. The molecule has 2 aromatic rings. The van der Waals surface area contributed by atoms with Gasteiger partial charge in [0.1, 0.15) is 0 Å². The minimum Gasteiger partial charge on any atom is -0.364 e. The third kappa shape index (κ3) is 5.15. The van der Waals surface area contributed by atoms with E-state index in [9.17, 15) is 8.42 Å². The summed E-state index contributed by atoms with van der Waals surface area (Å²) in [7, 11) is -3.28. The first-order chi connectivity index (χ1) is 14.3. The molecule has 5 nitrogen and oxygen atoms in total. The SMILES string of the molecule is CC(C)OCN[C@H]1CC[C@H](c2ncc(-c3ccc(Br)cc3S(=O)(=O)C3CC3)s2)CC1. The van der Waals surface area contributed by atoms with E-state index < -0.39 is 9.84 Å². The molecule has 2 fully saturated rings. The van der Waals surface area contributed by atoms with Gasteiger partial charge >= 0.3 is 0 Å². The molecule has 0 atom stereocenters. The molecule has 1 aromatic heterocycles. The number of hydrogen-bond acceptors (Lipinski definition) is 6. The second-order valence-corrected chi connectivity index (χ2v) is 12.7. The lowest BCUT2D eigenvalue weighted by Gasteiger charge is -2.28. The molecule has 1 aromatic carbocycles. The minimum atomic E-state index is -3.28. The monoisotopic (exact) mass is 512 g/mol. The van der Waals surface area contributed by atoms with Gasteiger partial charge in [0.25, 0.3) is 0 Å². The van der Waals surface area contributed by atoms with Crippen LogP contribution < -0.4 is 5.32 Å². The average Bonchev–Trinajstić information content (AvgIpc) is 3.47.